The summed E-state index contributed by atoms with van der Waals surface area (Å²) in [6.45, 7) is 4.61. The molecule has 1 aromatic rings. The Bertz CT molecular complexity index is 496. The largest absolute Gasteiger partial charge is 0.483 e. The zero-order chi connectivity index (χ0) is 14.4. The van der Waals surface area contributed by atoms with E-state index in [2.05, 4.69) is 16.9 Å². The van der Waals surface area contributed by atoms with Crippen molar-refractivity contribution in [3.8, 4) is 5.75 Å². The van der Waals surface area contributed by atoms with Gasteiger partial charge in [-0.1, -0.05) is 18.2 Å². The molecule has 108 valence electrons. The molecule has 0 radical (unpaired) electrons. The molecule has 0 saturated carbocycles. The lowest BCUT2D eigenvalue weighted by Crippen LogP contribution is -2.28. The third-order valence-electron chi connectivity index (χ3n) is 3.05. The van der Waals surface area contributed by atoms with Gasteiger partial charge in [-0.05, 0) is 12.5 Å². The van der Waals surface area contributed by atoms with E-state index in [9.17, 15) is 0 Å². The second-order valence-corrected chi connectivity index (χ2v) is 4.39. The summed E-state index contributed by atoms with van der Waals surface area (Å²) in [5.41, 5.74) is 2.05. The van der Waals surface area contributed by atoms with Crippen molar-refractivity contribution >= 4 is 11.5 Å². The van der Waals surface area contributed by atoms with Gasteiger partial charge in [0.05, 0.1) is 12.2 Å². The molecule has 5 heteroatoms. The molecule has 0 aliphatic carbocycles. The number of nitrogens with one attached hydrogen (secondary N) is 1. The monoisotopic (exact) mass is 276 g/mol. The van der Waals surface area contributed by atoms with Crippen LogP contribution in [0.15, 0.2) is 35.8 Å². The maximum atomic E-state index is 5.80. The van der Waals surface area contributed by atoms with Crippen molar-refractivity contribution in [1.82, 2.24) is 0 Å². The minimum Gasteiger partial charge on any atom is -0.483 e. The number of nitrogens with zero attached hydrogens (tertiary/aromatic N) is 1. The number of allylic oxidation sites excluding steroid dienone is 1. The average Bonchev–Trinajstić information content (AvgIpc) is 2.48. The summed E-state index contributed by atoms with van der Waals surface area (Å²) in [5.74, 6) is 1.65. The van der Waals surface area contributed by atoms with E-state index in [4.69, 9.17) is 14.2 Å². The SMILES string of the molecule is C=CCc1cccc2c1OCC(=NCC(OC)OC)N2. The van der Waals surface area contributed by atoms with Gasteiger partial charge in [0.1, 0.15) is 18.2 Å². The van der Waals surface area contributed by atoms with Crippen LogP contribution in [-0.2, 0) is 15.9 Å². The van der Waals surface area contributed by atoms with Crippen LogP contribution in [0.25, 0.3) is 0 Å². The summed E-state index contributed by atoms with van der Waals surface area (Å²) in [6.07, 6.45) is 2.31. The van der Waals surface area contributed by atoms with E-state index >= 15 is 0 Å². The normalized spacial score (nSPS) is 15.7. The van der Waals surface area contributed by atoms with Gasteiger partial charge in [-0.2, -0.15) is 0 Å². The van der Waals surface area contributed by atoms with Crippen LogP contribution in [0.5, 0.6) is 5.75 Å². The number of ether oxygens (including phenoxy) is 3. The number of hydrogen-bond acceptors (Lipinski definition) is 4. The summed E-state index contributed by atoms with van der Waals surface area (Å²) in [4.78, 5) is 4.41. The molecule has 1 aromatic carbocycles. The highest BCUT2D eigenvalue weighted by atomic mass is 16.7. The van der Waals surface area contributed by atoms with Gasteiger partial charge in [-0.3, -0.25) is 4.99 Å². The summed E-state index contributed by atoms with van der Waals surface area (Å²) in [6, 6.07) is 6.00. The van der Waals surface area contributed by atoms with Gasteiger partial charge in [0, 0.05) is 19.8 Å². The van der Waals surface area contributed by atoms with Crippen molar-refractivity contribution in [2.75, 3.05) is 32.7 Å². The van der Waals surface area contributed by atoms with E-state index in [-0.39, 0.29) is 6.29 Å². The lowest BCUT2D eigenvalue weighted by Gasteiger charge is -2.23. The predicted octanol–water partition coefficient (Wildman–Crippen LogP) is 2.24. The fourth-order valence-electron chi connectivity index (χ4n) is 2.02. The van der Waals surface area contributed by atoms with Crippen LogP contribution >= 0.6 is 0 Å². The van der Waals surface area contributed by atoms with E-state index in [1.807, 2.05) is 24.3 Å². The van der Waals surface area contributed by atoms with Crippen molar-refractivity contribution < 1.29 is 14.2 Å². The Morgan fingerprint density at radius 3 is 2.95 bits per heavy atom. The Morgan fingerprint density at radius 1 is 1.45 bits per heavy atom. The lowest BCUT2D eigenvalue weighted by molar-refractivity contribution is -0.0937. The second-order valence-electron chi connectivity index (χ2n) is 4.39. The van der Waals surface area contributed by atoms with E-state index in [0.717, 1.165) is 29.3 Å². The first-order valence-electron chi connectivity index (χ1n) is 6.50. The van der Waals surface area contributed by atoms with Crippen LogP contribution in [0.1, 0.15) is 5.56 Å². The predicted molar refractivity (Wildman–Crippen MR) is 79.6 cm³/mol. The fourth-order valence-corrected chi connectivity index (χ4v) is 2.02. The first kappa shape index (κ1) is 14.6. The van der Waals surface area contributed by atoms with Crippen LogP contribution < -0.4 is 10.1 Å². The molecule has 0 amide bonds. The molecule has 1 heterocycles. The van der Waals surface area contributed by atoms with Crippen LogP contribution in [0.4, 0.5) is 5.69 Å². The molecule has 0 spiro atoms. The molecule has 0 saturated heterocycles. The van der Waals surface area contributed by atoms with Gasteiger partial charge in [-0.15, -0.1) is 6.58 Å². The molecule has 5 nitrogen and oxygen atoms in total. The Hall–Kier alpha value is -1.85. The van der Waals surface area contributed by atoms with E-state index in [1.54, 1.807) is 14.2 Å². The highest BCUT2D eigenvalue weighted by Gasteiger charge is 2.17. The van der Waals surface area contributed by atoms with Gasteiger partial charge in [0.25, 0.3) is 0 Å². The van der Waals surface area contributed by atoms with Crippen LogP contribution in [-0.4, -0.2) is 39.5 Å². The van der Waals surface area contributed by atoms with Gasteiger partial charge < -0.3 is 19.5 Å². The third-order valence-corrected chi connectivity index (χ3v) is 3.05. The molecule has 2 rings (SSSR count). The van der Waals surface area contributed by atoms with Crippen LogP contribution in [0, 0.1) is 0 Å². The van der Waals surface area contributed by atoms with Gasteiger partial charge >= 0.3 is 0 Å². The first-order chi connectivity index (χ1) is 9.78. The lowest BCUT2D eigenvalue weighted by atomic mass is 10.1. The highest BCUT2D eigenvalue weighted by Crippen LogP contribution is 2.32. The number of fused-ring (bicyclic) bond motifs is 1. The standard InChI is InChI=1S/C15H20N2O3/c1-4-6-11-7-5-8-12-15(11)20-10-13(17-12)16-9-14(18-2)19-3/h4-5,7-8,14H,1,6,9-10H2,2-3H3,(H,16,17). The number of amidine groups is 1. The molecule has 1 aliphatic rings. The molecular weight excluding hydrogens is 256 g/mol. The molecule has 1 N–H and O–H groups in total. The van der Waals surface area contributed by atoms with Crippen molar-refractivity contribution in [1.29, 1.82) is 0 Å². The topological polar surface area (TPSA) is 52.1 Å². The Morgan fingerprint density at radius 2 is 2.25 bits per heavy atom. The number of para-hydroxylation sites is 1. The van der Waals surface area contributed by atoms with Gasteiger partial charge in [-0.25, -0.2) is 0 Å². The third kappa shape index (κ3) is 3.37. The summed E-state index contributed by atoms with van der Waals surface area (Å²) in [5, 5.41) is 3.28. The smallest absolute Gasteiger partial charge is 0.176 e. The molecule has 0 fully saturated rings. The number of benzene rings is 1. The fraction of sp³-hybridized carbons (Fsp3) is 0.400. The zero-order valence-corrected chi connectivity index (χ0v) is 11.9. The highest BCUT2D eigenvalue weighted by molar-refractivity contribution is 5.99. The quantitative estimate of drug-likeness (QED) is 0.639. The van der Waals surface area contributed by atoms with Gasteiger partial charge in [0.2, 0.25) is 0 Å². The number of rotatable bonds is 6. The minimum atomic E-state index is -0.335. The molecule has 1 aliphatic heterocycles. The number of anilines is 1. The molecule has 0 aromatic heterocycles. The van der Waals surface area contributed by atoms with Crippen molar-refractivity contribution in [3.63, 3.8) is 0 Å². The van der Waals surface area contributed by atoms with Crippen molar-refractivity contribution in [3.05, 3.63) is 36.4 Å². The summed E-state index contributed by atoms with van der Waals surface area (Å²) < 4.78 is 16.0. The molecule has 0 bridgehead atoms. The Balaban J connectivity index is 2.09. The zero-order valence-electron chi connectivity index (χ0n) is 11.9. The van der Waals surface area contributed by atoms with E-state index in [0.29, 0.717) is 13.2 Å². The summed E-state index contributed by atoms with van der Waals surface area (Å²) >= 11 is 0. The maximum absolute atomic E-state index is 5.80. The second kappa shape index (κ2) is 7.07. The molecular formula is C15H20N2O3. The molecule has 0 unspecified atom stereocenters. The first-order valence-corrected chi connectivity index (χ1v) is 6.50. The number of aliphatic imine (C=N–C) groups is 1. The van der Waals surface area contributed by atoms with Crippen molar-refractivity contribution in [2.45, 2.75) is 12.7 Å². The van der Waals surface area contributed by atoms with Crippen LogP contribution in [0.3, 0.4) is 0 Å². The average molecular weight is 276 g/mol. The maximum Gasteiger partial charge on any atom is 0.176 e. The van der Waals surface area contributed by atoms with Crippen molar-refractivity contribution in [2.24, 2.45) is 4.99 Å². The Kier molecular flexibility index (Phi) is 5.15. The Labute approximate surface area is 119 Å². The number of hydrogen-bond donors (Lipinski definition) is 1. The molecule has 20 heavy (non-hydrogen) atoms. The molecule has 0 atom stereocenters. The van der Waals surface area contributed by atoms with E-state index < -0.39 is 0 Å². The minimum absolute atomic E-state index is 0.335. The van der Waals surface area contributed by atoms with Crippen LogP contribution in [0.2, 0.25) is 0 Å². The van der Waals surface area contributed by atoms with E-state index in [1.165, 1.54) is 0 Å². The van der Waals surface area contributed by atoms with Gasteiger partial charge in [0.15, 0.2) is 6.29 Å². The summed E-state index contributed by atoms with van der Waals surface area (Å²) in [7, 11) is 3.19. The number of methoxy groups -OCH3 is 2.